The molecule has 0 aliphatic carbocycles. The van der Waals surface area contributed by atoms with Crippen molar-refractivity contribution in [3.8, 4) is 0 Å². The summed E-state index contributed by atoms with van der Waals surface area (Å²) in [5, 5.41) is 8.50. The molecule has 0 rings (SSSR count). The second kappa shape index (κ2) is 6.27. The van der Waals surface area contributed by atoms with Gasteiger partial charge in [-0.05, 0) is 20.8 Å². The van der Waals surface area contributed by atoms with E-state index < -0.39 is 12.0 Å². The molecule has 0 saturated heterocycles. The summed E-state index contributed by atoms with van der Waals surface area (Å²) in [5.41, 5.74) is 5.19. The van der Waals surface area contributed by atoms with Crippen molar-refractivity contribution in [2.24, 2.45) is 5.73 Å². The van der Waals surface area contributed by atoms with Crippen molar-refractivity contribution in [2.75, 3.05) is 18.1 Å². The summed E-state index contributed by atoms with van der Waals surface area (Å²) in [6.07, 6.45) is 0. The minimum absolute atomic E-state index is 0.129. The predicted octanol–water partition coefficient (Wildman–Crippen LogP) is 0.947. The predicted molar refractivity (Wildman–Crippen MR) is 58.6 cm³/mol. The lowest BCUT2D eigenvalue weighted by Crippen LogP contribution is -2.32. The molecule has 0 aromatic heterocycles. The summed E-state index contributed by atoms with van der Waals surface area (Å²) in [6.45, 7) is 6.59. The molecule has 84 valence electrons. The molecular formula is C9H19NO3S. The third-order valence-corrected chi connectivity index (χ3v) is 2.43. The van der Waals surface area contributed by atoms with E-state index in [1.807, 2.05) is 20.8 Å². The van der Waals surface area contributed by atoms with E-state index in [2.05, 4.69) is 0 Å². The van der Waals surface area contributed by atoms with Crippen LogP contribution in [0.2, 0.25) is 0 Å². The fourth-order valence-electron chi connectivity index (χ4n) is 0.688. The molecule has 0 fully saturated rings. The number of carboxylic acid groups (broad SMARTS) is 1. The van der Waals surface area contributed by atoms with Gasteiger partial charge >= 0.3 is 5.97 Å². The van der Waals surface area contributed by atoms with Gasteiger partial charge in [0.05, 0.1) is 12.2 Å². The van der Waals surface area contributed by atoms with Gasteiger partial charge in [0.2, 0.25) is 0 Å². The molecule has 3 N–H and O–H groups in total. The Morgan fingerprint density at radius 2 is 2.14 bits per heavy atom. The highest BCUT2D eigenvalue weighted by Crippen LogP contribution is 2.08. The van der Waals surface area contributed by atoms with Crippen LogP contribution in [0.5, 0.6) is 0 Å². The molecule has 0 unspecified atom stereocenters. The van der Waals surface area contributed by atoms with Gasteiger partial charge in [0, 0.05) is 11.5 Å². The molecule has 5 heteroatoms. The minimum atomic E-state index is -0.950. The van der Waals surface area contributed by atoms with Crippen molar-refractivity contribution in [3.63, 3.8) is 0 Å². The number of aliphatic carboxylic acids is 1. The van der Waals surface area contributed by atoms with E-state index in [1.54, 1.807) is 0 Å². The molecule has 0 aromatic carbocycles. The van der Waals surface area contributed by atoms with E-state index >= 15 is 0 Å². The van der Waals surface area contributed by atoms with Crippen LogP contribution in [0, 0.1) is 0 Å². The Kier molecular flexibility index (Phi) is 6.15. The van der Waals surface area contributed by atoms with Gasteiger partial charge in [-0.1, -0.05) is 0 Å². The third kappa shape index (κ3) is 8.34. The molecule has 0 aliphatic heterocycles. The van der Waals surface area contributed by atoms with Crippen LogP contribution in [-0.2, 0) is 9.53 Å². The fourth-order valence-corrected chi connectivity index (χ4v) is 1.45. The van der Waals surface area contributed by atoms with Crippen molar-refractivity contribution < 1.29 is 14.6 Å². The molecule has 0 saturated carbocycles. The summed E-state index contributed by atoms with van der Waals surface area (Å²) < 4.78 is 5.46. The van der Waals surface area contributed by atoms with Gasteiger partial charge in [-0.25, -0.2) is 0 Å². The standard InChI is InChI=1S/C9H19NO3S/c1-9(2,3)13-4-5-14-6-7(10)8(11)12/h7H,4-6,10H2,1-3H3,(H,11,12)/t7-/m1/s1. The molecule has 0 bridgehead atoms. The van der Waals surface area contributed by atoms with E-state index in [4.69, 9.17) is 15.6 Å². The SMILES string of the molecule is CC(C)(C)OCCSC[C@@H](N)C(=O)O. The lowest BCUT2D eigenvalue weighted by atomic mass is 10.2. The number of rotatable bonds is 6. The van der Waals surface area contributed by atoms with Crippen molar-refractivity contribution in [1.82, 2.24) is 0 Å². The Morgan fingerprint density at radius 1 is 1.57 bits per heavy atom. The van der Waals surface area contributed by atoms with Crippen LogP contribution in [-0.4, -0.2) is 40.8 Å². The first kappa shape index (κ1) is 13.7. The van der Waals surface area contributed by atoms with Gasteiger partial charge in [-0.2, -0.15) is 11.8 Å². The number of carbonyl (C=O) groups is 1. The van der Waals surface area contributed by atoms with Gasteiger partial charge in [-0.3, -0.25) is 4.79 Å². The van der Waals surface area contributed by atoms with Crippen LogP contribution in [0.3, 0.4) is 0 Å². The van der Waals surface area contributed by atoms with Crippen LogP contribution >= 0.6 is 11.8 Å². The van der Waals surface area contributed by atoms with Gasteiger partial charge in [0.15, 0.2) is 0 Å². The van der Waals surface area contributed by atoms with Crippen LogP contribution in [0.1, 0.15) is 20.8 Å². The monoisotopic (exact) mass is 221 g/mol. The van der Waals surface area contributed by atoms with Crippen molar-refractivity contribution in [3.05, 3.63) is 0 Å². The summed E-state index contributed by atoms with van der Waals surface area (Å²) in [5.74, 6) is 0.260. The van der Waals surface area contributed by atoms with E-state index in [0.29, 0.717) is 12.4 Å². The molecule has 0 spiro atoms. The zero-order valence-corrected chi connectivity index (χ0v) is 9.76. The van der Waals surface area contributed by atoms with E-state index in [-0.39, 0.29) is 5.60 Å². The van der Waals surface area contributed by atoms with Gasteiger partial charge < -0.3 is 15.6 Å². The van der Waals surface area contributed by atoms with Crippen molar-refractivity contribution in [2.45, 2.75) is 32.4 Å². The van der Waals surface area contributed by atoms with Crippen LogP contribution in [0.15, 0.2) is 0 Å². The quantitative estimate of drug-likeness (QED) is 0.653. The molecular weight excluding hydrogens is 202 g/mol. The van der Waals surface area contributed by atoms with Crippen LogP contribution < -0.4 is 5.73 Å². The van der Waals surface area contributed by atoms with E-state index in [0.717, 1.165) is 5.75 Å². The number of thioether (sulfide) groups is 1. The Balaban J connectivity index is 3.35. The third-order valence-electron chi connectivity index (χ3n) is 1.38. The minimum Gasteiger partial charge on any atom is -0.480 e. The van der Waals surface area contributed by atoms with Crippen LogP contribution in [0.25, 0.3) is 0 Å². The molecule has 0 amide bonds. The summed E-state index contributed by atoms with van der Waals surface area (Å²) in [6, 6.07) is -0.769. The zero-order chi connectivity index (χ0) is 11.2. The number of nitrogens with two attached hydrogens (primary N) is 1. The molecule has 0 heterocycles. The summed E-state index contributed by atoms with van der Waals surface area (Å²) in [7, 11) is 0. The highest BCUT2D eigenvalue weighted by atomic mass is 32.2. The summed E-state index contributed by atoms with van der Waals surface area (Å²) in [4.78, 5) is 10.4. The average molecular weight is 221 g/mol. The Bertz CT molecular complexity index is 179. The smallest absolute Gasteiger partial charge is 0.321 e. The maximum Gasteiger partial charge on any atom is 0.321 e. The van der Waals surface area contributed by atoms with Gasteiger partial charge in [-0.15, -0.1) is 0 Å². The van der Waals surface area contributed by atoms with Crippen LogP contribution in [0.4, 0.5) is 0 Å². The molecule has 0 aromatic rings. The molecule has 0 radical (unpaired) electrons. The normalized spacial score (nSPS) is 14.0. The number of carboxylic acids is 1. The molecule has 14 heavy (non-hydrogen) atoms. The highest BCUT2D eigenvalue weighted by Gasteiger charge is 2.12. The lowest BCUT2D eigenvalue weighted by molar-refractivity contribution is -0.137. The second-order valence-electron chi connectivity index (χ2n) is 3.98. The first-order valence-corrected chi connectivity index (χ1v) is 5.68. The van der Waals surface area contributed by atoms with Crippen molar-refractivity contribution in [1.29, 1.82) is 0 Å². The van der Waals surface area contributed by atoms with Gasteiger partial charge in [0.1, 0.15) is 6.04 Å². The fraction of sp³-hybridized carbons (Fsp3) is 0.889. The Labute approximate surface area is 89.2 Å². The van der Waals surface area contributed by atoms with E-state index in [1.165, 1.54) is 11.8 Å². The maximum absolute atomic E-state index is 10.4. The summed E-state index contributed by atoms with van der Waals surface area (Å²) >= 11 is 1.50. The number of hydrogen-bond acceptors (Lipinski definition) is 4. The Hall–Kier alpha value is -0.260. The van der Waals surface area contributed by atoms with Crippen molar-refractivity contribution >= 4 is 17.7 Å². The number of hydrogen-bond donors (Lipinski definition) is 2. The van der Waals surface area contributed by atoms with Gasteiger partial charge in [0.25, 0.3) is 0 Å². The second-order valence-corrected chi connectivity index (χ2v) is 5.13. The average Bonchev–Trinajstić information content (AvgIpc) is 2.01. The highest BCUT2D eigenvalue weighted by molar-refractivity contribution is 7.99. The topological polar surface area (TPSA) is 72.5 Å². The molecule has 4 nitrogen and oxygen atoms in total. The first-order valence-electron chi connectivity index (χ1n) is 4.53. The van der Waals surface area contributed by atoms with E-state index in [9.17, 15) is 4.79 Å². The number of ether oxygens (including phenoxy) is 1. The largest absolute Gasteiger partial charge is 0.480 e. The first-order chi connectivity index (χ1) is 6.33. The maximum atomic E-state index is 10.4. The Morgan fingerprint density at radius 3 is 2.57 bits per heavy atom. The zero-order valence-electron chi connectivity index (χ0n) is 8.95. The molecule has 0 aliphatic rings. The lowest BCUT2D eigenvalue weighted by Gasteiger charge is -2.19. The molecule has 1 atom stereocenters.